The van der Waals surface area contributed by atoms with Crippen LogP contribution in [0, 0.1) is 10.1 Å². The van der Waals surface area contributed by atoms with E-state index in [0.717, 1.165) is 12.3 Å². The van der Waals surface area contributed by atoms with E-state index in [-0.39, 0.29) is 26.3 Å². The molecular formula is C13H6Cl4N3O3-. The van der Waals surface area contributed by atoms with Crippen molar-refractivity contribution in [1.82, 2.24) is 0 Å². The van der Waals surface area contributed by atoms with Crippen molar-refractivity contribution in [1.29, 1.82) is 0 Å². The van der Waals surface area contributed by atoms with Gasteiger partial charge in [0.15, 0.2) is 0 Å². The first-order valence-electron chi connectivity index (χ1n) is 5.88. The summed E-state index contributed by atoms with van der Waals surface area (Å²) in [6.07, 6.45) is 1.09. The molecule has 0 fully saturated rings. The van der Waals surface area contributed by atoms with Crippen molar-refractivity contribution < 1.29 is 10.0 Å². The maximum atomic E-state index is 11.9. The molecule has 0 aliphatic rings. The van der Waals surface area contributed by atoms with Crippen LogP contribution in [0.4, 0.5) is 11.4 Å². The summed E-state index contributed by atoms with van der Waals surface area (Å²) in [5, 5.41) is 27.3. The van der Waals surface area contributed by atoms with Crippen LogP contribution >= 0.6 is 46.4 Å². The van der Waals surface area contributed by atoms with Gasteiger partial charge in [0.2, 0.25) is 0 Å². The number of hydrogen-bond acceptors (Lipinski definition) is 5. The normalized spacial score (nSPS) is 11.0. The molecule has 0 aliphatic heterocycles. The maximum Gasteiger partial charge on any atom is 0.263 e. The second kappa shape index (κ2) is 7.23. The third-order valence-electron chi connectivity index (χ3n) is 2.65. The van der Waals surface area contributed by atoms with E-state index in [1.165, 1.54) is 18.2 Å². The van der Waals surface area contributed by atoms with Gasteiger partial charge in [-0.2, -0.15) is 5.10 Å². The minimum Gasteiger partial charge on any atom is -0.867 e. The number of halogens is 4. The number of nitrogens with zero attached hydrogens (tertiary/aromatic N) is 2. The minimum atomic E-state index is -0.814. The van der Waals surface area contributed by atoms with E-state index in [1.54, 1.807) is 0 Å². The molecule has 0 atom stereocenters. The Balaban J connectivity index is 2.30. The Morgan fingerprint density at radius 1 is 1.04 bits per heavy atom. The van der Waals surface area contributed by atoms with Gasteiger partial charge in [-0.1, -0.05) is 46.4 Å². The lowest BCUT2D eigenvalue weighted by atomic mass is 10.2. The highest BCUT2D eigenvalue weighted by molar-refractivity contribution is 6.41. The lowest BCUT2D eigenvalue weighted by Crippen LogP contribution is -2.03. The highest BCUT2D eigenvalue weighted by atomic mass is 35.5. The van der Waals surface area contributed by atoms with Gasteiger partial charge in [0.1, 0.15) is 0 Å². The fraction of sp³-hybridized carbons (Fsp3) is 0. The number of nitro benzene ring substituents is 1. The number of hydrazone groups is 1. The van der Waals surface area contributed by atoms with Crippen LogP contribution in [0.3, 0.4) is 0 Å². The molecule has 0 amide bonds. The summed E-state index contributed by atoms with van der Waals surface area (Å²) in [6.45, 7) is 0. The molecule has 0 radical (unpaired) electrons. The fourth-order valence-electron chi connectivity index (χ4n) is 1.65. The Bertz CT molecular complexity index is 788. The van der Waals surface area contributed by atoms with Crippen LogP contribution in [0.1, 0.15) is 5.56 Å². The van der Waals surface area contributed by atoms with Gasteiger partial charge in [-0.05, 0) is 29.5 Å². The Morgan fingerprint density at radius 3 is 2.17 bits per heavy atom. The van der Waals surface area contributed by atoms with Gasteiger partial charge >= 0.3 is 0 Å². The predicted molar refractivity (Wildman–Crippen MR) is 90.2 cm³/mol. The predicted octanol–water partition coefficient (Wildman–Crippen LogP) is 4.73. The van der Waals surface area contributed by atoms with Crippen molar-refractivity contribution >= 4 is 64.0 Å². The second-order valence-electron chi connectivity index (χ2n) is 4.21. The van der Waals surface area contributed by atoms with Crippen molar-refractivity contribution in [3.05, 3.63) is 60.0 Å². The molecule has 6 nitrogen and oxygen atoms in total. The van der Waals surface area contributed by atoms with Crippen LogP contribution in [0.2, 0.25) is 20.1 Å². The van der Waals surface area contributed by atoms with Crippen LogP contribution in [0.15, 0.2) is 29.4 Å². The van der Waals surface area contributed by atoms with Crippen LogP contribution < -0.4 is 10.5 Å². The number of benzene rings is 2. The molecule has 0 aromatic heterocycles. The number of rotatable bonds is 4. The van der Waals surface area contributed by atoms with E-state index in [2.05, 4.69) is 10.5 Å². The van der Waals surface area contributed by atoms with Gasteiger partial charge in [0.05, 0.1) is 26.9 Å². The summed E-state index contributed by atoms with van der Waals surface area (Å²) in [7, 11) is 0. The van der Waals surface area contributed by atoms with Crippen LogP contribution in [-0.2, 0) is 0 Å². The summed E-state index contributed by atoms with van der Waals surface area (Å²) < 4.78 is 0. The molecule has 120 valence electrons. The molecule has 23 heavy (non-hydrogen) atoms. The number of anilines is 1. The van der Waals surface area contributed by atoms with Crippen molar-refractivity contribution in [2.75, 3.05) is 5.43 Å². The molecular weight excluding hydrogens is 388 g/mol. The summed E-state index contributed by atoms with van der Waals surface area (Å²) in [5.74, 6) is -0.807. The van der Waals surface area contributed by atoms with Crippen molar-refractivity contribution in [3.8, 4) is 5.75 Å². The Hall–Kier alpha value is -1.73. The molecule has 2 aromatic rings. The van der Waals surface area contributed by atoms with Gasteiger partial charge in [-0.25, -0.2) is 0 Å². The standard InChI is InChI=1S/C13H7Cl4N3O3/c14-7-1-6(13(21)11(4-7)20(22)23)5-18-19-12-9(16)2-8(15)3-10(12)17/h1-5,19,21H/p-1/b18-5-. The Labute approximate surface area is 150 Å². The highest BCUT2D eigenvalue weighted by Crippen LogP contribution is 2.34. The molecule has 2 aromatic carbocycles. The smallest absolute Gasteiger partial charge is 0.263 e. The first-order chi connectivity index (χ1) is 10.8. The molecule has 0 unspecified atom stereocenters. The largest absolute Gasteiger partial charge is 0.867 e. The molecule has 2 rings (SSSR count). The van der Waals surface area contributed by atoms with E-state index >= 15 is 0 Å². The van der Waals surface area contributed by atoms with Crippen LogP contribution in [-0.4, -0.2) is 11.1 Å². The lowest BCUT2D eigenvalue weighted by molar-refractivity contribution is -0.398. The van der Waals surface area contributed by atoms with Crippen molar-refractivity contribution in [2.45, 2.75) is 0 Å². The zero-order valence-electron chi connectivity index (χ0n) is 11.0. The third kappa shape index (κ3) is 4.17. The number of hydrogen-bond donors (Lipinski definition) is 1. The number of nitrogens with one attached hydrogen (secondary N) is 1. The fourth-order valence-corrected chi connectivity index (χ4v) is 2.77. The molecule has 0 saturated carbocycles. The van der Waals surface area contributed by atoms with E-state index in [0.29, 0.717) is 5.02 Å². The van der Waals surface area contributed by atoms with Gasteiger partial charge in [0.25, 0.3) is 5.69 Å². The minimum absolute atomic E-state index is 0.0420. The molecule has 0 saturated heterocycles. The number of nitro groups is 1. The Morgan fingerprint density at radius 2 is 1.61 bits per heavy atom. The van der Waals surface area contributed by atoms with Crippen LogP contribution in [0.25, 0.3) is 0 Å². The Kier molecular flexibility index (Phi) is 5.54. The summed E-state index contributed by atoms with van der Waals surface area (Å²) >= 11 is 23.5. The zero-order valence-corrected chi connectivity index (χ0v) is 14.0. The molecule has 0 aliphatic carbocycles. The lowest BCUT2D eigenvalue weighted by Gasteiger charge is -2.11. The van der Waals surface area contributed by atoms with E-state index < -0.39 is 16.4 Å². The van der Waals surface area contributed by atoms with Gasteiger partial charge in [-0.15, -0.1) is 0 Å². The quantitative estimate of drug-likeness (QED) is 0.461. The van der Waals surface area contributed by atoms with Crippen molar-refractivity contribution in [3.63, 3.8) is 0 Å². The molecule has 0 heterocycles. The third-order valence-corrected chi connectivity index (χ3v) is 3.68. The van der Waals surface area contributed by atoms with Gasteiger partial charge < -0.3 is 5.11 Å². The maximum absolute atomic E-state index is 11.9. The molecule has 1 N–H and O–H groups in total. The zero-order chi connectivity index (χ0) is 17.1. The van der Waals surface area contributed by atoms with Gasteiger partial charge in [-0.3, -0.25) is 15.5 Å². The molecule has 0 bridgehead atoms. The second-order valence-corrected chi connectivity index (χ2v) is 5.90. The monoisotopic (exact) mass is 392 g/mol. The van der Waals surface area contributed by atoms with Gasteiger partial charge in [0, 0.05) is 16.1 Å². The van der Waals surface area contributed by atoms with Crippen molar-refractivity contribution in [2.24, 2.45) is 5.10 Å². The van der Waals surface area contributed by atoms with Crippen LogP contribution in [0.5, 0.6) is 5.75 Å². The van der Waals surface area contributed by atoms with E-state index in [1.807, 2.05) is 0 Å². The van der Waals surface area contributed by atoms with E-state index in [9.17, 15) is 15.2 Å². The summed E-state index contributed by atoms with van der Waals surface area (Å²) in [5.41, 5.74) is 2.13. The average molecular weight is 394 g/mol. The SMILES string of the molecule is O=[N+]([O-])c1cc(Cl)cc(/C=N\Nc2c(Cl)cc(Cl)cc2Cl)c1[O-]. The topological polar surface area (TPSA) is 90.6 Å². The highest BCUT2D eigenvalue weighted by Gasteiger charge is 2.11. The summed E-state index contributed by atoms with van der Waals surface area (Å²) in [4.78, 5) is 9.97. The first kappa shape index (κ1) is 17.6. The first-order valence-corrected chi connectivity index (χ1v) is 7.39. The van der Waals surface area contributed by atoms with E-state index in [4.69, 9.17) is 46.4 Å². The molecule has 0 spiro atoms. The molecule has 10 heteroatoms. The summed E-state index contributed by atoms with van der Waals surface area (Å²) in [6, 6.07) is 5.14. The average Bonchev–Trinajstić information content (AvgIpc) is 2.44.